The molecule has 1 aliphatic heterocycles. The van der Waals surface area contributed by atoms with E-state index in [-0.39, 0.29) is 5.91 Å². The van der Waals surface area contributed by atoms with Gasteiger partial charge in [-0.05, 0) is 51.9 Å². The van der Waals surface area contributed by atoms with Crippen LogP contribution in [0.2, 0.25) is 0 Å². The normalized spacial score (nSPS) is 23.5. The second-order valence-corrected chi connectivity index (χ2v) is 7.31. The Bertz CT molecular complexity index is 646. The summed E-state index contributed by atoms with van der Waals surface area (Å²) >= 11 is 0. The van der Waals surface area contributed by atoms with E-state index in [1.54, 1.807) is 0 Å². The Morgan fingerprint density at radius 2 is 2.21 bits per heavy atom. The summed E-state index contributed by atoms with van der Waals surface area (Å²) in [5.74, 6) is 2.15. The molecular formula is C18H27N5O. The topological polar surface area (TPSA) is 63.1 Å². The standard InChI is InChI=1S/C18H27N5O/c1-13-20-17-10-7-14(12-22(17)21-13)19-11-18(24)23(16-8-9-16)15-5-3-2-4-6-15/h5,14,16,19H,2-4,6-12H2,1H3/t14-/m0/s1. The van der Waals surface area contributed by atoms with Crippen molar-refractivity contribution in [3.63, 3.8) is 0 Å². The van der Waals surface area contributed by atoms with E-state index in [4.69, 9.17) is 0 Å². The number of amides is 1. The van der Waals surface area contributed by atoms with Gasteiger partial charge in [-0.25, -0.2) is 9.67 Å². The number of nitrogens with one attached hydrogen (secondary N) is 1. The van der Waals surface area contributed by atoms with Crippen LogP contribution in [0.4, 0.5) is 0 Å². The van der Waals surface area contributed by atoms with Gasteiger partial charge in [-0.15, -0.1) is 0 Å². The van der Waals surface area contributed by atoms with E-state index >= 15 is 0 Å². The zero-order valence-corrected chi connectivity index (χ0v) is 14.5. The van der Waals surface area contributed by atoms with E-state index in [2.05, 4.69) is 26.4 Å². The van der Waals surface area contributed by atoms with Crippen molar-refractivity contribution in [3.8, 4) is 0 Å². The molecule has 0 bridgehead atoms. The van der Waals surface area contributed by atoms with Crippen LogP contribution in [0, 0.1) is 6.92 Å². The van der Waals surface area contributed by atoms with Crippen LogP contribution >= 0.6 is 0 Å². The summed E-state index contributed by atoms with van der Waals surface area (Å²) in [7, 11) is 0. The number of carbonyl (C=O) groups excluding carboxylic acids is 1. The Morgan fingerprint density at radius 3 is 2.96 bits per heavy atom. The van der Waals surface area contributed by atoms with Crippen LogP contribution in [0.15, 0.2) is 11.8 Å². The molecule has 1 N–H and O–H groups in total. The average Bonchev–Trinajstić information content (AvgIpc) is 3.34. The minimum Gasteiger partial charge on any atom is -0.312 e. The molecule has 6 heteroatoms. The highest BCUT2D eigenvalue weighted by Gasteiger charge is 2.35. The average molecular weight is 329 g/mol. The number of hydrogen-bond acceptors (Lipinski definition) is 4. The number of allylic oxidation sites excluding steroid dienone is 2. The summed E-state index contributed by atoms with van der Waals surface area (Å²) in [6.45, 7) is 3.18. The molecule has 0 saturated heterocycles. The lowest BCUT2D eigenvalue weighted by Gasteiger charge is -2.29. The molecule has 2 heterocycles. The maximum atomic E-state index is 12.8. The molecule has 1 atom stereocenters. The first-order chi connectivity index (χ1) is 11.7. The van der Waals surface area contributed by atoms with Gasteiger partial charge in [0.25, 0.3) is 0 Å². The minimum atomic E-state index is 0.242. The summed E-state index contributed by atoms with van der Waals surface area (Å²) in [6, 6.07) is 0.767. The third-order valence-corrected chi connectivity index (χ3v) is 5.26. The van der Waals surface area contributed by atoms with Crippen molar-refractivity contribution in [1.82, 2.24) is 25.0 Å². The molecule has 130 valence electrons. The third-order valence-electron chi connectivity index (χ3n) is 5.26. The molecule has 0 radical (unpaired) electrons. The largest absolute Gasteiger partial charge is 0.312 e. The van der Waals surface area contributed by atoms with Crippen LogP contribution in [0.3, 0.4) is 0 Å². The number of aromatic nitrogens is 3. The highest BCUT2D eigenvalue weighted by Crippen LogP contribution is 2.33. The van der Waals surface area contributed by atoms with Crippen LogP contribution in [0.5, 0.6) is 0 Å². The first kappa shape index (κ1) is 15.8. The third kappa shape index (κ3) is 3.38. The lowest BCUT2D eigenvalue weighted by atomic mass is 10.0. The monoisotopic (exact) mass is 329 g/mol. The quantitative estimate of drug-likeness (QED) is 0.897. The molecule has 1 aromatic heterocycles. The molecule has 1 saturated carbocycles. The molecule has 1 amide bonds. The van der Waals surface area contributed by atoms with Gasteiger partial charge < -0.3 is 10.2 Å². The Labute approximate surface area is 143 Å². The predicted octanol–water partition coefficient (Wildman–Crippen LogP) is 1.94. The molecule has 0 aromatic carbocycles. The van der Waals surface area contributed by atoms with Crippen molar-refractivity contribution in [3.05, 3.63) is 23.4 Å². The summed E-state index contributed by atoms with van der Waals surface area (Å²) < 4.78 is 1.99. The fourth-order valence-corrected chi connectivity index (χ4v) is 3.89. The zero-order valence-electron chi connectivity index (χ0n) is 14.5. The number of fused-ring (bicyclic) bond motifs is 1. The minimum absolute atomic E-state index is 0.242. The Hall–Kier alpha value is -1.69. The lowest BCUT2D eigenvalue weighted by Crippen LogP contribution is -2.45. The summed E-state index contributed by atoms with van der Waals surface area (Å²) in [6.07, 6.45) is 11.2. The summed E-state index contributed by atoms with van der Waals surface area (Å²) in [5.41, 5.74) is 1.27. The highest BCUT2D eigenvalue weighted by molar-refractivity contribution is 5.80. The van der Waals surface area contributed by atoms with Crippen LogP contribution in [0.1, 0.15) is 56.6 Å². The van der Waals surface area contributed by atoms with Gasteiger partial charge in [-0.3, -0.25) is 4.79 Å². The van der Waals surface area contributed by atoms with E-state index in [1.807, 2.05) is 11.6 Å². The van der Waals surface area contributed by atoms with Crippen LogP contribution in [-0.4, -0.2) is 44.2 Å². The van der Waals surface area contributed by atoms with E-state index in [0.29, 0.717) is 18.6 Å². The van der Waals surface area contributed by atoms with Crippen molar-refractivity contribution in [2.45, 2.75) is 76.9 Å². The SMILES string of the molecule is Cc1nc2n(n1)C[C@@H](NCC(=O)N(C1=CCCCC1)C1CC1)CC2. The van der Waals surface area contributed by atoms with Crippen LogP contribution in [0.25, 0.3) is 0 Å². The maximum absolute atomic E-state index is 12.8. The highest BCUT2D eigenvalue weighted by atomic mass is 16.2. The van der Waals surface area contributed by atoms with Crippen molar-refractivity contribution >= 4 is 5.91 Å². The van der Waals surface area contributed by atoms with Crippen LogP contribution < -0.4 is 5.32 Å². The Morgan fingerprint density at radius 1 is 1.33 bits per heavy atom. The van der Waals surface area contributed by atoms with Crippen molar-refractivity contribution in [2.24, 2.45) is 0 Å². The van der Waals surface area contributed by atoms with Crippen molar-refractivity contribution in [2.75, 3.05) is 6.54 Å². The molecule has 1 fully saturated rings. The number of nitrogens with zero attached hydrogens (tertiary/aromatic N) is 4. The Kier molecular flexibility index (Phi) is 4.39. The van der Waals surface area contributed by atoms with Gasteiger partial charge in [0.1, 0.15) is 11.6 Å². The summed E-state index contributed by atoms with van der Waals surface area (Å²) in [4.78, 5) is 19.3. The maximum Gasteiger partial charge on any atom is 0.240 e. The van der Waals surface area contributed by atoms with Gasteiger partial charge in [0.15, 0.2) is 0 Å². The van der Waals surface area contributed by atoms with Gasteiger partial charge in [-0.1, -0.05) is 6.08 Å². The summed E-state index contributed by atoms with van der Waals surface area (Å²) in [5, 5.41) is 7.90. The molecule has 6 nitrogen and oxygen atoms in total. The van der Waals surface area contributed by atoms with Crippen LogP contribution in [-0.2, 0) is 17.8 Å². The molecule has 1 aromatic rings. The number of aryl methyl sites for hydroxylation is 2. The van der Waals surface area contributed by atoms with Crippen molar-refractivity contribution < 1.29 is 4.79 Å². The smallest absolute Gasteiger partial charge is 0.240 e. The lowest BCUT2D eigenvalue weighted by molar-refractivity contribution is -0.129. The molecule has 3 aliphatic rings. The molecule has 2 aliphatic carbocycles. The molecule has 0 unspecified atom stereocenters. The second-order valence-electron chi connectivity index (χ2n) is 7.31. The molecule has 24 heavy (non-hydrogen) atoms. The number of carbonyl (C=O) groups is 1. The van der Waals surface area contributed by atoms with E-state index < -0.39 is 0 Å². The molecule has 4 rings (SSSR count). The number of hydrogen-bond donors (Lipinski definition) is 1. The fourth-order valence-electron chi connectivity index (χ4n) is 3.89. The van der Waals surface area contributed by atoms with Crippen molar-refractivity contribution in [1.29, 1.82) is 0 Å². The fraction of sp³-hybridized carbons (Fsp3) is 0.722. The first-order valence-corrected chi connectivity index (χ1v) is 9.35. The van der Waals surface area contributed by atoms with E-state index in [9.17, 15) is 4.79 Å². The Balaban J connectivity index is 1.35. The van der Waals surface area contributed by atoms with E-state index in [1.165, 1.54) is 18.5 Å². The van der Waals surface area contributed by atoms with E-state index in [0.717, 1.165) is 56.7 Å². The second kappa shape index (κ2) is 6.67. The molecule has 0 spiro atoms. The first-order valence-electron chi connectivity index (χ1n) is 9.35. The van der Waals surface area contributed by atoms with Gasteiger partial charge in [-0.2, -0.15) is 5.10 Å². The predicted molar refractivity (Wildman–Crippen MR) is 91.3 cm³/mol. The van der Waals surface area contributed by atoms with Gasteiger partial charge in [0, 0.05) is 24.2 Å². The van der Waals surface area contributed by atoms with Gasteiger partial charge in [0.05, 0.1) is 13.1 Å². The van der Waals surface area contributed by atoms with Gasteiger partial charge in [0.2, 0.25) is 5.91 Å². The number of rotatable bonds is 5. The van der Waals surface area contributed by atoms with Gasteiger partial charge >= 0.3 is 0 Å². The zero-order chi connectivity index (χ0) is 16.5. The molecular weight excluding hydrogens is 302 g/mol.